The SMILES string of the molecule is C=C(C)CN[C@@H](CCC(=O)OC(C)(C)C)C(N)=O. The molecule has 0 rings (SSSR count). The highest BCUT2D eigenvalue weighted by atomic mass is 16.6. The van der Waals surface area contributed by atoms with E-state index in [1.54, 1.807) is 20.8 Å². The summed E-state index contributed by atoms with van der Waals surface area (Å²) in [6.07, 6.45) is 0.492. The average Bonchev–Trinajstić information content (AvgIpc) is 2.13. The average molecular weight is 256 g/mol. The number of rotatable bonds is 7. The minimum Gasteiger partial charge on any atom is -0.460 e. The molecule has 104 valence electrons. The predicted molar refractivity (Wildman–Crippen MR) is 70.9 cm³/mol. The molecular weight excluding hydrogens is 232 g/mol. The molecule has 0 spiro atoms. The van der Waals surface area contributed by atoms with Crippen LogP contribution in [-0.4, -0.2) is 30.1 Å². The first-order chi connectivity index (χ1) is 8.11. The summed E-state index contributed by atoms with van der Waals surface area (Å²) in [5.41, 5.74) is 5.65. The molecule has 0 aliphatic rings. The number of hydrogen-bond acceptors (Lipinski definition) is 4. The molecule has 0 unspecified atom stereocenters. The summed E-state index contributed by atoms with van der Waals surface area (Å²) in [4.78, 5) is 22.7. The van der Waals surface area contributed by atoms with Gasteiger partial charge in [0.25, 0.3) is 0 Å². The minimum atomic E-state index is -0.533. The third kappa shape index (κ3) is 8.75. The van der Waals surface area contributed by atoms with Gasteiger partial charge in [-0.1, -0.05) is 12.2 Å². The molecule has 0 aliphatic carbocycles. The Morgan fingerprint density at radius 1 is 1.39 bits per heavy atom. The van der Waals surface area contributed by atoms with Crippen LogP contribution in [0.2, 0.25) is 0 Å². The van der Waals surface area contributed by atoms with Crippen molar-refractivity contribution in [3.63, 3.8) is 0 Å². The van der Waals surface area contributed by atoms with Crippen LogP contribution >= 0.6 is 0 Å². The Hall–Kier alpha value is -1.36. The van der Waals surface area contributed by atoms with Crippen molar-refractivity contribution in [3.8, 4) is 0 Å². The molecule has 0 bridgehead atoms. The summed E-state index contributed by atoms with van der Waals surface area (Å²) in [6.45, 7) is 11.5. The Labute approximate surface area is 109 Å². The highest BCUT2D eigenvalue weighted by Gasteiger charge is 2.20. The van der Waals surface area contributed by atoms with Crippen LogP contribution in [0.3, 0.4) is 0 Å². The lowest BCUT2D eigenvalue weighted by molar-refractivity contribution is -0.155. The minimum absolute atomic E-state index is 0.161. The van der Waals surface area contributed by atoms with Crippen LogP contribution < -0.4 is 11.1 Å². The number of primary amides is 1. The van der Waals surface area contributed by atoms with Gasteiger partial charge in [0.05, 0.1) is 6.04 Å². The van der Waals surface area contributed by atoms with Gasteiger partial charge in [0.1, 0.15) is 5.60 Å². The summed E-state index contributed by atoms with van der Waals surface area (Å²) in [5, 5.41) is 2.95. The Kier molecular flexibility index (Phi) is 6.62. The van der Waals surface area contributed by atoms with Crippen molar-refractivity contribution in [2.75, 3.05) is 6.54 Å². The van der Waals surface area contributed by atoms with Crippen molar-refractivity contribution in [1.29, 1.82) is 0 Å². The van der Waals surface area contributed by atoms with Gasteiger partial charge >= 0.3 is 5.97 Å². The molecule has 0 aromatic heterocycles. The van der Waals surface area contributed by atoms with E-state index < -0.39 is 17.6 Å². The summed E-state index contributed by atoms with van der Waals surface area (Å²) < 4.78 is 5.16. The lowest BCUT2D eigenvalue weighted by Crippen LogP contribution is -2.42. The molecule has 1 amide bonds. The Balaban J connectivity index is 4.15. The number of nitrogens with two attached hydrogens (primary N) is 1. The third-order valence-corrected chi connectivity index (χ3v) is 2.05. The van der Waals surface area contributed by atoms with Gasteiger partial charge in [-0.3, -0.25) is 9.59 Å². The van der Waals surface area contributed by atoms with Crippen LogP contribution in [0.5, 0.6) is 0 Å². The highest BCUT2D eigenvalue weighted by molar-refractivity contribution is 5.80. The van der Waals surface area contributed by atoms with Crippen molar-refractivity contribution in [2.45, 2.75) is 52.2 Å². The monoisotopic (exact) mass is 256 g/mol. The first-order valence-corrected chi connectivity index (χ1v) is 6.00. The molecule has 1 atom stereocenters. The van der Waals surface area contributed by atoms with Crippen molar-refractivity contribution in [1.82, 2.24) is 5.32 Å². The Bertz CT molecular complexity index is 319. The third-order valence-electron chi connectivity index (χ3n) is 2.05. The van der Waals surface area contributed by atoms with Gasteiger partial charge in [0.15, 0.2) is 0 Å². The van der Waals surface area contributed by atoms with Crippen molar-refractivity contribution >= 4 is 11.9 Å². The topological polar surface area (TPSA) is 81.4 Å². The van der Waals surface area contributed by atoms with E-state index >= 15 is 0 Å². The fourth-order valence-electron chi connectivity index (χ4n) is 1.30. The quantitative estimate of drug-likeness (QED) is 0.528. The van der Waals surface area contributed by atoms with Crippen LogP contribution in [0.4, 0.5) is 0 Å². The van der Waals surface area contributed by atoms with Crippen LogP contribution in [0.25, 0.3) is 0 Å². The molecule has 0 aliphatic heterocycles. The number of ether oxygens (including phenoxy) is 1. The zero-order valence-corrected chi connectivity index (χ0v) is 11.7. The van der Waals surface area contributed by atoms with E-state index in [0.29, 0.717) is 13.0 Å². The second-order valence-electron chi connectivity index (χ2n) is 5.42. The molecule has 0 aromatic carbocycles. The molecule has 5 nitrogen and oxygen atoms in total. The first-order valence-electron chi connectivity index (χ1n) is 6.00. The van der Waals surface area contributed by atoms with Crippen molar-refractivity contribution in [3.05, 3.63) is 12.2 Å². The number of carbonyl (C=O) groups excluding carboxylic acids is 2. The predicted octanol–water partition coefficient (Wildman–Crippen LogP) is 1.13. The summed E-state index contributed by atoms with van der Waals surface area (Å²) in [5.74, 6) is -0.800. The molecule has 0 heterocycles. The number of nitrogens with one attached hydrogen (secondary N) is 1. The lowest BCUT2D eigenvalue weighted by atomic mass is 10.1. The van der Waals surface area contributed by atoms with E-state index in [1.165, 1.54) is 0 Å². The van der Waals surface area contributed by atoms with Gasteiger partial charge in [-0.2, -0.15) is 0 Å². The Morgan fingerprint density at radius 3 is 2.33 bits per heavy atom. The zero-order valence-electron chi connectivity index (χ0n) is 11.7. The van der Waals surface area contributed by atoms with Crippen LogP contribution in [0, 0.1) is 0 Å². The van der Waals surface area contributed by atoms with Crippen LogP contribution in [-0.2, 0) is 14.3 Å². The molecule has 3 N–H and O–H groups in total. The molecule has 0 saturated carbocycles. The molecule has 0 fully saturated rings. The maximum absolute atomic E-state index is 11.5. The van der Waals surface area contributed by atoms with Gasteiger partial charge < -0.3 is 15.8 Å². The molecule has 18 heavy (non-hydrogen) atoms. The maximum Gasteiger partial charge on any atom is 0.306 e. The van der Waals surface area contributed by atoms with Gasteiger partial charge in [0, 0.05) is 13.0 Å². The number of amides is 1. The van der Waals surface area contributed by atoms with Crippen LogP contribution in [0.1, 0.15) is 40.5 Å². The maximum atomic E-state index is 11.5. The Morgan fingerprint density at radius 2 is 1.94 bits per heavy atom. The summed E-state index contributed by atoms with van der Waals surface area (Å²) >= 11 is 0. The summed E-state index contributed by atoms with van der Waals surface area (Å²) in [7, 11) is 0. The highest BCUT2D eigenvalue weighted by Crippen LogP contribution is 2.10. The number of hydrogen-bond donors (Lipinski definition) is 2. The molecule has 5 heteroatoms. The van der Waals surface area contributed by atoms with Gasteiger partial charge in [-0.05, 0) is 34.1 Å². The smallest absolute Gasteiger partial charge is 0.306 e. The number of esters is 1. The fraction of sp³-hybridized carbons (Fsp3) is 0.692. The van der Waals surface area contributed by atoms with Crippen LogP contribution in [0.15, 0.2) is 12.2 Å². The first kappa shape index (κ1) is 16.6. The molecule has 0 saturated heterocycles. The van der Waals surface area contributed by atoms with E-state index in [-0.39, 0.29) is 12.4 Å². The lowest BCUT2D eigenvalue weighted by Gasteiger charge is -2.20. The van der Waals surface area contributed by atoms with Gasteiger partial charge in [0.2, 0.25) is 5.91 Å². The molecular formula is C13H24N2O3. The van der Waals surface area contributed by atoms with E-state index in [0.717, 1.165) is 5.57 Å². The van der Waals surface area contributed by atoms with E-state index in [1.807, 2.05) is 6.92 Å². The zero-order chi connectivity index (χ0) is 14.3. The normalized spacial score (nSPS) is 12.9. The van der Waals surface area contributed by atoms with Gasteiger partial charge in [-0.25, -0.2) is 0 Å². The van der Waals surface area contributed by atoms with Crippen molar-refractivity contribution < 1.29 is 14.3 Å². The van der Waals surface area contributed by atoms with E-state index in [2.05, 4.69) is 11.9 Å². The fourth-order valence-corrected chi connectivity index (χ4v) is 1.30. The molecule has 0 radical (unpaired) electrons. The second kappa shape index (κ2) is 7.16. The molecule has 0 aromatic rings. The van der Waals surface area contributed by atoms with Gasteiger partial charge in [-0.15, -0.1) is 0 Å². The second-order valence-corrected chi connectivity index (χ2v) is 5.42. The van der Waals surface area contributed by atoms with E-state index in [9.17, 15) is 9.59 Å². The summed E-state index contributed by atoms with van der Waals surface area (Å²) in [6, 6.07) is -0.533. The van der Waals surface area contributed by atoms with E-state index in [4.69, 9.17) is 10.5 Å². The standard InChI is InChI=1S/C13H24N2O3/c1-9(2)8-15-10(12(14)17)6-7-11(16)18-13(3,4)5/h10,15H,1,6-8H2,2-5H3,(H2,14,17)/t10-/m0/s1. The number of carbonyl (C=O) groups is 2. The largest absolute Gasteiger partial charge is 0.460 e. The van der Waals surface area contributed by atoms with Crippen molar-refractivity contribution in [2.24, 2.45) is 5.73 Å².